The van der Waals surface area contributed by atoms with Crippen LogP contribution in [-0.2, 0) is 44.8 Å². The molecule has 8 amide bonds. The smallest absolute Gasteiger partial charge is 0.246 e. The fraction of sp³-hybridized carbons (Fsp3) is 0.702. The lowest BCUT2D eigenvalue weighted by atomic mass is 9.93. The third-order valence-corrected chi connectivity index (χ3v) is 13.6. The van der Waals surface area contributed by atoms with Crippen molar-refractivity contribution in [1.82, 2.24) is 41.3 Å². The topological polar surface area (TPSA) is 227 Å². The first kappa shape index (κ1) is 49.8. The normalized spacial score (nSPS) is 29.3. The van der Waals surface area contributed by atoms with Gasteiger partial charge in [-0.3, -0.25) is 38.4 Å². The van der Waals surface area contributed by atoms with Crippen LogP contribution in [0.3, 0.4) is 0 Å². The largest absolute Gasteiger partial charge is 0.508 e. The van der Waals surface area contributed by atoms with Gasteiger partial charge in [-0.25, -0.2) is 0 Å². The van der Waals surface area contributed by atoms with Crippen LogP contribution in [0.5, 0.6) is 5.75 Å². The number of phenolic OH excluding ortho intramolecular Hbond substituents is 1. The molecule has 4 aliphatic rings. The molecule has 354 valence electrons. The van der Waals surface area contributed by atoms with Crippen molar-refractivity contribution in [2.24, 2.45) is 23.7 Å². The van der Waals surface area contributed by atoms with E-state index < -0.39 is 95.6 Å². The maximum Gasteiger partial charge on any atom is 0.246 e. The predicted octanol–water partition coefficient (Wildman–Crippen LogP) is 2.14. The van der Waals surface area contributed by atoms with Gasteiger partial charge >= 0.3 is 0 Å². The van der Waals surface area contributed by atoms with Gasteiger partial charge in [-0.15, -0.1) is 0 Å². The molecule has 5 rings (SSSR count). The van der Waals surface area contributed by atoms with Gasteiger partial charge in [-0.05, 0) is 86.3 Å². The van der Waals surface area contributed by atoms with Crippen molar-refractivity contribution in [2.75, 3.05) is 19.6 Å². The van der Waals surface area contributed by atoms with E-state index in [1.807, 2.05) is 41.5 Å². The Morgan fingerprint density at radius 2 is 0.969 bits per heavy atom. The van der Waals surface area contributed by atoms with E-state index in [9.17, 15) is 43.5 Å². The molecule has 0 bridgehead atoms. The van der Waals surface area contributed by atoms with E-state index in [1.165, 1.54) is 26.8 Å². The number of amides is 8. The fourth-order valence-electron chi connectivity index (χ4n) is 9.41. The quantitative estimate of drug-likeness (QED) is 0.213. The first-order valence-electron chi connectivity index (χ1n) is 23.6. The number of rotatable bonds is 9. The molecule has 0 aliphatic carbocycles. The molecule has 64 heavy (non-hydrogen) atoms. The third kappa shape index (κ3) is 11.7. The maximum atomic E-state index is 14.6. The van der Waals surface area contributed by atoms with Crippen molar-refractivity contribution >= 4 is 47.3 Å². The van der Waals surface area contributed by atoms with E-state index in [-0.39, 0.29) is 61.9 Å². The number of hydrogen-bond acceptors (Lipinski definition) is 9. The van der Waals surface area contributed by atoms with Crippen molar-refractivity contribution in [1.29, 1.82) is 0 Å². The number of benzene rings is 1. The summed E-state index contributed by atoms with van der Waals surface area (Å²) in [6.07, 6.45) is 3.83. The lowest BCUT2D eigenvalue weighted by Crippen LogP contribution is -2.62. The number of carbonyl (C=O) groups is 8. The Kier molecular flexibility index (Phi) is 17.2. The summed E-state index contributed by atoms with van der Waals surface area (Å²) in [4.78, 5) is 119. The molecule has 6 N–H and O–H groups in total. The van der Waals surface area contributed by atoms with E-state index in [2.05, 4.69) is 26.6 Å². The summed E-state index contributed by atoms with van der Waals surface area (Å²) in [6.45, 7) is 15.6. The van der Waals surface area contributed by atoms with Crippen molar-refractivity contribution < 1.29 is 43.5 Å². The molecule has 0 aromatic heterocycles. The molecule has 17 heteroatoms. The van der Waals surface area contributed by atoms with Gasteiger partial charge in [0.2, 0.25) is 47.3 Å². The van der Waals surface area contributed by atoms with Crippen molar-refractivity contribution in [3.05, 3.63) is 29.8 Å². The van der Waals surface area contributed by atoms with Crippen LogP contribution in [0.15, 0.2) is 24.3 Å². The average Bonchev–Trinajstić information content (AvgIpc) is 4.07. The van der Waals surface area contributed by atoms with E-state index in [0.29, 0.717) is 56.9 Å². The monoisotopic (exact) mass is 893 g/mol. The second kappa shape index (κ2) is 22.1. The van der Waals surface area contributed by atoms with Crippen LogP contribution in [0.1, 0.15) is 119 Å². The molecule has 0 unspecified atom stereocenters. The summed E-state index contributed by atoms with van der Waals surface area (Å²) in [7, 11) is 0. The fourth-order valence-corrected chi connectivity index (χ4v) is 9.41. The van der Waals surface area contributed by atoms with Crippen molar-refractivity contribution in [3.8, 4) is 5.75 Å². The summed E-state index contributed by atoms with van der Waals surface area (Å²) >= 11 is 0. The summed E-state index contributed by atoms with van der Waals surface area (Å²) in [5.74, 6) is -5.33. The van der Waals surface area contributed by atoms with E-state index >= 15 is 0 Å². The summed E-state index contributed by atoms with van der Waals surface area (Å²) < 4.78 is 0. The van der Waals surface area contributed by atoms with Crippen LogP contribution in [0, 0.1) is 23.7 Å². The molecule has 17 nitrogen and oxygen atoms in total. The minimum Gasteiger partial charge on any atom is -0.508 e. The number of phenols is 1. The second-order valence-electron chi connectivity index (χ2n) is 19.2. The SMILES string of the molecule is CC[C@H](C)[C@@H]1NC(=O)[C@H](CC(C)C)NC(=O)[C@@H]2CCCN2C(=O)[C@H](C(C)C)NC(=O)[C@H](Cc2ccc(O)cc2)NC(=O)[C@@H]2CCCN2C(=O)[C@@H]2CCCN2C(=O)[C@H]([C@@H](C)CC)NC1=O. The lowest BCUT2D eigenvalue weighted by Gasteiger charge is -2.36. The van der Waals surface area contributed by atoms with Gasteiger partial charge in [-0.2, -0.15) is 0 Å². The molecule has 4 fully saturated rings. The number of nitrogens with one attached hydrogen (secondary N) is 5. The minimum absolute atomic E-state index is 0.00289. The Bertz CT molecular complexity index is 1870. The van der Waals surface area contributed by atoms with Crippen LogP contribution in [0.25, 0.3) is 0 Å². The molecule has 1 aromatic carbocycles. The van der Waals surface area contributed by atoms with Crippen LogP contribution in [0.2, 0.25) is 0 Å². The van der Waals surface area contributed by atoms with E-state index in [0.717, 1.165) is 0 Å². The molecular formula is C47H72N8O9. The summed E-state index contributed by atoms with van der Waals surface area (Å²) in [6, 6.07) is -2.02. The van der Waals surface area contributed by atoms with Gasteiger partial charge < -0.3 is 46.4 Å². The van der Waals surface area contributed by atoms with Crippen LogP contribution in [0.4, 0.5) is 0 Å². The van der Waals surface area contributed by atoms with Gasteiger partial charge in [0.1, 0.15) is 54.1 Å². The highest BCUT2D eigenvalue weighted by molar-refractivity contribution is 5.99. The predicted molar refractivity (Wildman–Crippen MR) is 239 cm³/mol. The minimum atomic E-state index is -1.20. The van der Waals surface area contributed by atoms with Gasteiger partial charge in [0.15, 0.2) is 0 Å². The summed E-state index contributed by atoms with van der Waals surface area (Å²) in [5, 5.41) is 24.5. The maximum absolute atomic E-state index is 14.6. The highest BCUT2D eigenvalue weighted by Crippen LogP contribution is 2.28. The average molecular weight is 893 g/mol. The first-order chi connectivity index (χ1) is 30.4. The highest BCUT2D eigenvalue weighted by atomic mass is 16.3. The number of fused-ring (bicyclic) bond motifs is 3. The number of carbonyl (C=O) groups excluding carboxylic acids is 8. The van der Waals surface area contributed by atoms with Gasteiger partial charge in [0.25, 0.3) is 0 Å². The molecule has 1 aromatic rings. The van der Waals surface area contributed by atoms with Gasteiger partial charge in [0.05, 0.1) is 0 Å². The van der Waals surface area contributed by atoms with Crippen LogP contribution < -0.4 is 26.6 Å². The molecule has 4 aliphatic heterocycles. The Morgan fingerprint density at radius 3 is 1.50 bits per heavy atom. The zero-order valence-electron chi connectivity index (χ0n) is 39.0. The first-order valence-corrected chi connectivity index (χ1v) is 23.6. The molecule has 0 saturated carbocycles. The molecular weight excluding hydrogens is 821 g/mol. The zero-order chi connectivity index (χ0) is 47.0. The van der Waals surface area contributed by atoms with Crippen molar-refractivity contribution in [2.45, 2.75) is 168 Å². The molecule has 0 radical (unpaired) electrons. The number of nitrogens with zero attached hydrogens (tertiary/aromatic N) is 3. The van der Waals surface area contributed by atoms with E-state index in [1.54, 1.807) is 26.0 Å². The Balaban J connectivity index is 1.56. The standard InChI is InChI=1S/C47H72N8O9/c1-9-28(7)38-44(61)52-39(29(8)10-2)47(64)55-23-13-16-36(55)45(62)53-21-11-14-34(53)42(59)49-33(25-30-17-19-31(56)20-18-30)41(58)50-37(27(5)6)46(63)54-22-12-15-35(54)43(60)48-32(24-26(3)4)40(57)51-38/h17-20,26-29,32-39,56H,9-16,21-25H2,1-8H3,(H,48,60)(H,49,59)(H,50,58)(H,51,57)(H,52,61)/t28-,29-,32-,33-,34-,35-,36-,37-,38-,39-/m0/s1. The second-order valence-corrected chi connectivity index (χ2v) is 19.2. The third-order valence-electron chi connectivity index (χ3n) is 13.6. The molecule has 4 heterocycles. The summed E-state index contributed by atoms with van der Waals surface area (Å²) in [5.41, 5.74) is 0.619. The van der Waals surface area contributed by atoms with Crippen LogP contribution >= 0.6 is 0 Å². The zero-order valence-corrected chi connectivity index (χ0v) is 39.0. The molecule has 4 saturated heterocycles. The molecule has 0 spiro atoms. The van der Waals surface area contributed by atoms with Crippen molar-refractivity contribution in [3.63, 3.8) is 0 Å². The van der Waals surface area contributed by atoms with Gasteiger partial charge in [0, 0.05) is 26.1 Å². The Morgan fingerprint density at radius 1 is 0.531 bits per heavy atom. The van der Waals surface area contributed by atoms with Gasteiger partial charge in [-0.1, -0.05) is 80.4 Å². The molecule has 10 atom stereocenters. The number of aromatic hydroxyl groups is 1. The highest BCUT2D eigenvalue weighted by Gasteiger charge is 2.46. The lowest BCUT2D eigenvalue weighted by molar-refractivity contribution is -0.149. The van der Waals surface area contributed by atoms with Crippen LogP contribution in [-0.4, -0.2) is 135 Å². The Labute approximate surface area is 377 Å². The van der Waals surface area contributed by atoms with E-state index in [4.69, 9.17) is 0 Å². The Hall–Kier alpha value is -5.22. The number of hydrogen-bond donors (Lipinski definition) is 6.